The van der Waals surface area contributed by atoms with E-state index in [0.717, 1.165) is 11.1 Å². The Labute approximate surface area is 105 Å². The monoisotopic (exact) mass is 234 g/mol. The molecule has 86 valence electrons. The molecule has 0 N–H and O–H groups in total. The molecule has 4 heteroatoms. The summed E-state index contributed by atoms with van der Waals surface area (Å²) >= 11 is 0. The van der Waals surface area contributed by atoms with E-state index in [-0.39, 0.29) is 11.5 Å². The Balaban J connectivity index is 2.78. The summed E-state index contributed by atoms with van der Waals surface area (Å²) in [5, 5.41) is 18.0. The van der Waals surface area contributed by atoms with Gasteiger partial charge in [-0.05, 0) is 25.0 Å². The van der Waals surface area contributed by atoms with Crippen LogP contribution in [-0.4, -0.2) is 9.97 Å². The van der Waals surface area contributed by atoms with Crippen LogP contribution in [0.15, 0.2) is 24.3 Å². The maximum absolute atomic E-state index is 9.17. The van der Waals surface area contributed by atoms with E-state index in [0.29, 0.717) is 11.3 Å². The zero-order valence-corrected chi connectivity index (χ0v) is 10.1. The highest BCUT2D eigenvalue weighted by Gasteiger charge is 2.14. The van der Waals surface area contributed by atoms with E-state index in [4.69, 9.17) is 10.5 Å². The van der Waals surface area contributed by atoms with E-state index in [1.807, 2.05) is 43.3 Å². The molecule has 0 bridgehead atoms. The van der Waals surface area contributed by atoms with Crippen LogP contribution in [0.3, 0.4) is 0 Å². The van der Waals surface area contributed by atoms with Gasteiger partial charge in [0.2, 0.25) is 5.82 Å². The normalized spacial score (nSPS) is 9.56. The highest BCUT2D eigenvalue weighted by molar-refractivity contribution is 5.73. The van der Waals surface area contributed by atoms with E-state index in [9.17, 15) is 0 Å². The SMILES string of the molecule is Cc1ccccc1-c1c(C)nc(C#N)nc1C#N. The van der Waals surface area contributed by atoms with Crippen molar-refractivity contribution in [3.8, 4) is 23.3 Å². The van der Waals surface area contributed by atoms with Gasteiger partial charge in [-0.15, -0.1) is 0 Å². The van der Waals surface area contributed by atoms with Crippen molar-refractivity contribution in [1.82, 2.24) is 9.97 Å². The van der Waals surface area contributed by atoms with Crippen LogP contribution in [0.4, 0.5) is 0 Å². The van der Waals surface area contributed by atoms with E-state index >= 15 is 0 Å². The first-order valence-corrected chi connectivity index (χ1v) is 5.42. The summed E-state index contributed by atoms with van der Waals surface area (Å²) in [5.41, 5.74) is 3.57. The van der Waals surface area contributed by atoms with Crippen molar-refractivity contribution < 1.29 is 0 Å². The van der Waals surface area contributed by atoms with Crippen LogP contribution in [0.2, 0.25) is 0 Å². The molecule has 0 aliphatic carbocycles. The van der Waals surface area contributed by atoms with Gasteiger partial charge < -0.3 is 0 Å². The van der Waals surface area contributed by atoms with Crippen molar-refractivity contribution in [3.63, 3.8) is 0 Å². The Morgan fingerprint density at radius 2 is 1.72 bits per heavy atom. The van der Waals surface area contributed by atoms with Crippen molar-refractivity contribution in [2.75, 3.05) is 0 Å². The van der Waals surface area contributed by atoms with Crippen molar-refractivity contribution in [2.24, 2.45) is 0 Å². The van der Waals surface area contributed by atoms with Crippen molar-refractivity contribution >= 4 is 0 Å². The topological polar surface area (TPSA) is 73.4 Å². The van der Waals surface area contributed by atoms with E-state index in [2.05, 4.69) is 9.97 Å². The number of benzene rings is 1. The van der Waals surface area contributed by atoms with Crippen molar-refractivity contribution in [1.29, 1.82) is 10.5 Å². The molecule has 0 aliphatic heterocycles. The highest BCUT2D eigenvalue weighted by Crippen LogP contribution is 2.27. The lowest BCUT2D eigenvalue weighted by Gasteiger charge is -2.09. The van der Waals surface area contributed by atoms with Crippen molar-refractivity contribution in [3.05, 3.63) is 47.0 Å². The predicted molar refractivity (Wildman–Crippen MR) is 66.4 cm³/mol. The summed E-state index contributed by atoms with van der Waals surface area (Å²) in [6.45, 7) is 3.75. The number of nitriles is 2. The minimum atomic E-state index is 0.0291. The number of hydrogen-bond donors (Lipinski definition) is 0. The van der Waals surface area contributed by atoms with E-state index in [1.165, 1.54) is 0 Å². The number of hydrogen-bond acceptors (Lipinski definition) is 4. The third-order valence-electron chi connectivity index (χ3n) is 2.71. The Morgan fingerprint density at radius 1 is 1.00 bits per heavy atom. The molecule has 18 heavy (non-hydrogen) atoms. The van der Waals surface area contributed by atoms with Crippen LogP contribution < -0.4 is 0 Å². The Kier molecular flexibility index (Phi) is 3.03. The average Bonchev–Trinajstić information content (AvgIpc) is 2.39. The molecule has 0 saturated heterocycles. The number of nitrogens with zero attached hydrogens (tertiary/aromatic N) is 4. The molecule has 0 atom stereocenters. The lowest BCUT2D eigenvalue weighted by atomic mass is 9.98. The largest absolute Gasteiger partial charge is 0.233 e. The number of rotatable bonds is 1. The molecule has 0 radical (unpaired) electrons. The third-order valence-corrected chi connectivity index (χ3v) is 2.71. The Hall–Kier alpha value is -2.72. The lowest BCUT2D eigenvalue weighted by Crippen LogP contribution is -2.01. The van der Waals surface area contributed by atoms with Gasteiger partial charge in [0.05, 0.1) is 5.69 Å². The first-order chi connectivity index (χ1) is 8.67. The maximum atomic E-state index is 9.17. The molecule has 0 amide bonds. The summed E-state index contributed by atoms with van der Waals surface area (Å²) in [5.74, 6) is 0.0291. The lowest BCUT2D eigenvalue weighted by molar-refractivity contribution is 1.05. The maximum Gasteiger partial charge on any atom is 0.233 e. The summed E-state index contributed by atoms with van der Waals surface area (Å²) in [4.78, 5) is 8.05. The quantitative estimate of drug-likeness (QED) is 0.759. The summed E-state index contributed by atoms with van der Waals surface area (Å²) < 4.78 is 0. The van der Waals surface area contributed by atoms with Crippen LogP contribution in [0, 0.1) is 36.5 Å². The standard InChI is InChI=1S/C14H10N4/c1-9-5-3-4-6-11(9)14-10(2)17-13(8-16)18-12(14)7-15/h3-6H,1-2H3. The van der Waals surface area contributed by atoms with Crippen LogP contribution in [0.1, 0.15) is 22.8 Å². The van der Waals surface area contributed by atoms with Gasteiger partial charge >= 0.3 is 0 Å². The van der Waals surface area contributed by atoms with Gasteiger partial charge in [-0.2, -0.15) is 10.5 Å². The molecule has 2 aromatic rings. The fourth-order valence-electron chi connectivity index (χ4n) is 1.88. The second-order valence-electron chi connectivity index (χ2n) is 3.89. The number of aryl methyl sites for hydroxylation is 2. The molecular formula is C14H10N4. The molecule has 0 aliphatic rings. The third kappa shape index (κ3) is 1.92. The summed E-state index contributed by atoms with van der Waals surface area (Å²) in [6.07, 6.45) is 0. The van der Waals surface area contributed by atoms with Gasteiger partial charge in [0.25, 0.3) is 0 Å². The fraction of sp³-hybridized carbons (Fsp3) is 0.143. The smallest absolute Gasteiger partial charge is 0.224 e. The fourth-order valence-corrected chi connectivity index (χ4v) is 1.88. The predicted octanol–water partition coefficient (Wildman–Crippen LogP) is 2.50. The van der Waals surface area contributed by atoms with Crippen LogP contribution in [0.25, 0.3) is 11.1 Å². The molecule has 1 heterocycles. The van der Waals surface area contributed by atoms with Gasteiger partial charge in [0.1, 0.15) is 12.1 Å². The second kappa shape index (κ2) is 4.65. The number of aromatic nitrogens is 2. The molecule has 0 unspecified atom stereocenters. The zero-order valence-electron chi connectivity index (χ0n) is 10.1. The van der Waals surface area contributed by atoms with Crippen LogP contribution in [0.5, 0.6) is 0 Å². The summed E-state index contributed by atoms with van der Waals surface area (Å²) in [6, 6.07) is 11.6. The molecule has 0 fully saturated rings. The molecule has 2 rings (SSSR count). The second-order valence-corrected chi connectivity index (χ2v) is 3.89. The molecule has 0 spiro atoms. The van der Waals surface area contributed by atoms with E-state index < -0.39 is 0 Å². The highest BCUT2D eigenvalue weighted by atomic mass is 14.9. The van der Waals surface area contributed by atoms with Gasteiger partial charge in [0, 0.05) is 5.56 Å². The van der Waals surface area contributed by atoms with Gasteiger partial charge in [-0.3, -0.25) is 0 Å². The Bertz CT molecular complexity index is 690. The minimum absolute atomic E-state index is 0.0291. The molecule has 4 nitrogen and oxygen atoms in total. The van der Waals surface area contributed by atoms with Gasteiger partial charge in [-0.25, -0.2) is 9.97 Å². The molecule has 1 aromatic heterocycles. The average molecular weight is 234 g/mol. The van der Waals surface area contributed by atoms with E-state index in [1.54, 1.807) is 6.92 Å². The molecule has 0 saturated carbocycles. The van der Waals surface area contributed by atoms with Crippen molar-refractivity contribution in [2.45, 2.75) is 13.8 Å². The Morgan fingerprint density at radius 3 is 2.33 bits per heavy atom. The molecule has 1 aromatic carbocycles. The van der Waals surface area contributed by atoms with Crippen LogP contribution in [-0.2, 0) is 0 Å². The van der Waals surface area contributed by atoms with Gasteiger partial charge in [-0.1, -0.05) is 24.3 Å². The van der Waals surface area contributed by atoms with Gasteiger partial charge in [0.15, 0.2) is 5.69 Å². The zero-order chi connectivity index (χ0) is 13.1. The van der Waals surface area contributed by atoms with Crippen LogP contribution >= 0.6 is 0 Å². The minimum Gasteiger partial charge on any atom is -0.224 e. The summed E-state index contributed by atoms with van der Waals surface area (Å²) in [7, 11) is 0. The first-order valence-electron chi connectivity index (χ1n) is 5.42. The molecular weight excluding hydrogens is 224 g/mol. The first kappa shape index (κ1) is 11.8.